The van der Waals surface area contributed by atoms with Crippen LogP contribution in [0.5, 0.6) is 11.5 Å². The minimum absolute atomic E-state index is 0.104. The predicted molar refractivity (Wildman–Crippen MR) is 80.4 cm³/mol. The van der Waals surface area contributed by atoms with Gasteiger partial charge in [0.2, 0.25) is 6.79 Å². The highest BCUT2D eigenvalue weighted by molar-refractivity contribution is 9.10. The fourth-order valence-corrected chi connectivity index (χ4v) is 3.08. The van der Waals surface area contributed by atoms with Crippen molar-refractivity contribution in [1.29, 1.82) is 0 Å². The zero-order chi connectivity index (χ0) is 14.4. The van der Waals surface area contributed by atoms with Crippen LogP contribution in [0.25, 0.3) is 16.9 Å². The first kappa shape index (κ1) is 12.7. The van der Waals surface area contributed by atoms with Crippen molar-refractivity contribution >= 4 is 21.6 Å². The number of fused-ring (bicyclic) bond motifs is 2. The number of aliphatic hydroxyl groups excluding tert-OH is 1. The Morgan fingerprint density at radius 1 is 1.19 bits per heavy atom. The molecule has 3 aromatic rings. The van der Waals surface area contributed by atoms with E-state index in [1.165, 1.54) is 0 Å². The second kappa shape index (κ2) is 4.75. The van der Waals surface area contributed by atoms with E-state index in [2.05, 4.69) is 20.9 Å². The molecule has 0 saturated carbocycles. The van der Waals surface area contributed by atoms with Gasteiger partial charge in [-0.1, -0.05) is 6.07 Å². The van der Waals surface area contributed by atoms with Gasteiger partial charge in [0, 0.05) is 5.56 Å². The maximum Gasteiger partial charge on any atom is 0.231 e. The molecule has 0 unspecified atom stereocenters. The quantitative estimate of drug-likeness (QED) is 0.724. The van der Waals surface area contributed by atoms with E-state index in [1.807, 2.05) is 40.8 Å². The number of benzene rings is 1. The predicted octanol–water partition coefficient (Wildman–Crippen LogP) is 2.98. The third-order valence-corrected chi connectivity index (χ3v) is 4.11. The van der Waals surface area contributed by atoms with Gasteiger partial charge in [0.1, 0.15) is 5.65 Å². The van der Waals surface area contributed by atoms with Crippen LogP contribution in [-0.2, 0) is 6.61 Å². The van der Waals surface area contributed by atoms with Gasteiger partial charge in [-0.25, -0.2) is 4.98 Å². The lowest BCUT2D eigenvalue weighted by molar-refractivity contribution is 0.174. The van der Waals surface area contributed by atoms with Crippen LogP contribution in [0.4, 0.5) is 0 Å². The molecule has 1 N–H and O–H groups in total. The minimum Gasteiger partial charge on any atom is -0.454 e. The van der Waals surface area contributed by atoms with Gasteiger partial charge < -0.3 is 14.6 Å². The molecule has 3 heterocycles. The van der Waals surface area contributed by atoms with Gasteiger partial charge in [0.05, 0.1) is 22.6 Å². The van der Waals surface area contributed by atoms with Crippen LogP contribution < -0.4 is 9.47 Å². The molecule has 1 aliphatic heterocycles. The van der Waals surface area contributed by atoms with E-state index in [4.69, 9.17) is 9.47 Å². The number of nitrogens with zero attached hydrogens (tertiary/aromatic N) is 2. The summed E-state index contributed by atoms with van der Waals surface area (Å²) >= 11 is 3.49. The van der Waals surface area contributed by atoms with Crippen LogP contribution in [0.15, 0.2) is 41.0 Å². The van der Waals surface area contributed by atoms with Crippen molar-refractivity contribution in [2.45, 2.75) is 6.61 Å². The summed E-state index contributed by atoms with van der Waals surface area (Å²) in [7, 11) is 0. The highest BCUT2D eigenvalue weighted by atomic mass is 79.9. The van der Waals surface area contributed by atoms with E-state index in [1.54, 1.807) is 0 Å². The first-order valence-corrected chi connectivity index (χ1v) is 7.24. The number of rotatable bonds is 2. The van der Waals surface area contributed by atoms with Crippen LogP contribution in [-0.4, -0.2) is 21.3 Å². The van der Waals surface area contributed by atoms with Crippen molar-refractivity contribution in [3.05, 3.63) is 46.7 Å². The molecule has 0 bridgehead atoms. The molecule has 0 spiro atoms. The third kappa shape index (κ3) is 1.91. The zero-order valence-electron chi connectivity index (χ0n) is 10.9. The van der Waals surface area contributed by atoms with E-state index in [0.717, 1.165) is 33.0 Å². The van der Waals surface area contributed by atoms with Crippen LogP contribution in [0.2, 0.25) is 0 Å². The maximum absolute atomic E-state index is 9.75. The molecule has 106 valence electrons. The summed E-state index contributed by atoms with van der Waals surface area (Å²) in [6.07, 6.45) is 0. The van der Waals surface area contributed by atoms with Gasteiger partial charge >= 0.3 is 0 Å². The standard InChI is InChI=1S/C15H11BrN2O3/c16-13-2-1-3-14-17-15(10(7-19)18(13)14)9-4-5-11-12(6-9)21-8-20-11/h1-6,19H,7-8H2. The Hall–Kier alpha value is -2.05. The van der Waals surface area contributed by atoms with Crippen molar-refractivity contribution in [3.8, 4) is 22.8 Å². The highest BCUT2D eigenvalue weighted by Gasteiger charge is 2.19. The van der Waals surface area contributed by atoms with Crippen LogP contribution in [0, 0.1) is 0 Å². The smallest absolute Gasteiger partial charge is 0.231 e. The lowest BCUT2D eigenvalue weighted by atomic mass is 10.1. The average molecular weight is 347 g/mol. The number of pyridine rings is 1. The van der Waals surface area contributed by atoms with E-state index < -0.39 is 0 Å². The summed E-state index contributed by atoms with van der Waals surface area (Å²) in [4.78, 5) is 4.62. The maximum atomic E-state index is 9.75. The molecule has 0 saturated heterocycles. The molecule has 0 atom stereocenters. The van der Waals surface area contributed by atoms with Crippen molar-refractivity contribution in [2.24, 2.45) is 0 Å². The molecule has 21 heavy (non-hydrogen) atoms. The molecule has 2 aromatic heterocycles. The first-order chi connectivity index (χ1) is 10.3. The van der Waals surface area contributed by atoms with Gasteiger partial charge in [0.25, 0.3) is 0 Å². The van der Waals surface area contributed by atoms with Crippen molar-refractivity contribution in [2.75, 3.05) is 6.79 Å². The summed E-state index contributed by atoms with van der Waals surface area (Å²) in [6, 6.07) is 11.4. The van der Waals surface area contributed by atoms with Gasteiger partial charge in [0.15, 0.2) is 11.5 Å². The normalized spacial score (nSPS) is 13.0. The Morgan fingerprint density at radius 3 is 2.90 bits per heavy atom. The van der Waals surface area contributed by atoms with Crippen LogP contribution in [0.3, 0.4) is 0 Å². The lowest BCUT2D eigenvalue weighted by Crippen LogP contribution is -1.95. The van der Waals surface area contributed by atoms with E-state index in [9.17, 15) is 5.11 Å². The number of ether oxygens (including phenoxy) is 2. The molecule has 0 amide bonds. The van der Waals surface area contributed by atoms with E-state index in [-0.39, 0.29) is 13.4 Å². The third-order valence-electron chi connectivity index (χ3n) is 3.49. The number of hydrogen-bond donors (Lipinski definition) is 1. The molecule has 5 nitrogen and oxygen atoms in total. The number of halogens is 1. The Morgan fingerprint density at radius 2 is 2.05 bits per heavy atom. The van der Waals surface area contributed by atoms with Crippen molar-refractivity contribution in [3.63, 3.8) is 0 Å². The average Bonchev–Trinajstić information content (AvgIpc) is 3.10. The fraction of sp³-hybridized carbons (Fsp3) is 0.133. The summed E-state index contributed by atoms with van der Waals surface area (Å²) in [5.74, 6) is 1.43. The lowest BCUT2D eigenvalue weighted by Gasteiger charge is -2.04. The summed E-state index contributed by atoms with van der Waals surface area (Å²) in [5.41, 5.74) is 3.14. The van der Waals surface area contributed by atoms with Gasteiger partial charge in [-0.3, -0.25) is 4.40 Å². The molecular weight excluding hydrogens is 336 g/mol. The van der Waals surface area contributed by atoms with E-state index in [0.29, 0.717) is 5.75 Å². The van der Waals surface area contributed by atoms with Crippen molar-refractivity contribution in [1.82, 2.24) is 9.38 Å². The van der Waals surface area contributed by atoms with Crippen LogP contribution >= 0.6 is 15.9 Å². The zero-order valence-corrected chi connectivity index (χ0v) is 12.5. The minimum atomic E-state index is -0.104. The highest BCUT2D eigenvalue weighted by Crippen LogP contribution is 2.37. The van der Waals surface area contributed by atoms with Gasteiger partial charge in [-0.15, -0.1) is 0 Å². The largest absolute Gasteiger partial charge is 0.454 e. The first-order valence-electron chi connectivity index (χ1n) is 6.44. The SMILES string of the molecule is OCc1c(-c2ccc3c(c2)OCO3)nc2cccc(Br)n12. The Labute approximate surface area is 128 Å². The monoisotopic (exact) mass is 346 g/mol. The van der Waals surface area contributed by atoms with Gasteiger partial charge in [-0.05, 0) is 46.3 Å². The van der Waals surface area contributed by atoms with Crippen molar-refractivity contribution < 1.29 is 14.6 Å². The summed E-state index contributed by atoms with van der Waals surface area (Å²) < 4.78 is 13.5. The molecule has 6 heteroatoms. The number of imidazole rings is 1. The van der Waals surface area contributed by atoms with Gasteiger partial charge in [-0.2, -0.15) is 0 Å². The number of aliphatic hydroxyl groups is 1. The Balaban J connectivity index is 1.96. The Bertz CT molecular complexity index is 844. The molecular formula is C15H11BrN2O3. The number of aromatic nitrogens is 2. The second-order valence-corrected chi connectivity index (χ2v) is 5.49. The fourth-order valence-electron chi connectivity index (χ4n) is 2.53. The van der Waals surface area contributed by atoms with E-state index >= 15 is 0 Å². The second-order valence-electron chi connectivity index (χ2n) is 4.68. The molecule has 4 rings (SSSR count). The number of hydrogen-bond acceptors (Lipinski definition) is 4. The molecule has 0 fully saturated rings. The molecule has 1 aliphatic rings. The molecule has 0 radical (unpaired) electrons. The molecule has 0 aliphatic carbocycles. The molecule has 1 aromatic carbocycles. The van der Waals surface area contributed by atoms with Crippen LogP contribution in [0.1, 0.15) is 5.69 Å². The topological polar surface area (TPSA) is 56.0 Å². The summed E-state index contributed by atoms with van der Waals surface area (Å²) in [6.45, 7) is 0.135. The Kier molecular flexibility index (Phi) is 2.87. The summed E-state index contributed by atoms with van der Waals surface area (Å²) in [5, 5.41) is 9.75.